The van der Waals surface area contributed by atoms with Crippen molar-refractivity contribution in [1.29, 1.82) is 0 Å². The van der Waals surface area contributed by atoms with Crippen molar-refractivity contribution in [2.45, 2.75) is 31.7 Å². The van der Waals surface area contributed by atoms with Crippen LogP contribution in [-0.4, -0.2) is 35.5 Å². The zero-order valence-corrected chi connectivity index (χ0v) is 8.94. The van der Waals surface area contributed by atoms with E-state index in [2.05, 4.69) is 5.32 Å². The maximum absolute atomic E-state index is 11.2. The lowest BCUT2D eigenvalue weighted by molar-refractivity contribution is -0.137. The van der Waals surface area contributed by atoms with E-state index >= 15 is 0 Å². The zero-order chi connectivity index (χ0) is 12.6. The van der Waals surface area contributed by atoms with Gasteiger partial charge >= 0.3 is 5.97 Å². The first-order valence-corrected chi connectivity index (χ1v) is 4.98. The molecule has 0 saturated heterocycles. The third-order valence-corrected chi connectivity index (χ3v) is 1.93. The van der Waals surface area contributed by atoms with E-state index in [9.17, 15) is 14.4 Å². The lowest BCUT2D eigenvalue weighted by Gasteiger charge is -2.14. The van der Waals surface area contributed by atoms with E-state index in [0.717, 1.165) is 0 Å². The number of carboxylic acid groups (broad SMARTS) is 1. The Hall–Kier alpha value is -1.63. The number of nitrogens with one attached hydrogen (secondary N) is 1. The van der Waals surface area contributed by atoms with Gasteiger partial charge in [-0.3, -0.25) is 14.4 Å². The topological polar surface area (TPSA) is 136 Å². The number of nitrogens with two attached hydrogens (primary N) is 2. The second-order valence-corrected chi connectivity index (χ2v) is 3.35. The molecule has 7 nitrogen and oxygen atoms in total. The SMILES string of the molecule is NCCCC(=O)N[C@H](CCC(=O)O)C(N)=O. The lowest BCUT2D eigenvalue weighted by Crippen LogP contribution is -2.44. The van der Waals surface area contributed by atoms with Gasteiger partial charge in [0.25, 0.3) is 0 Å². The summed E-state index contributed by atoms with van der Waals surface area (Å²) in [5.41, 5.74) is 10.2. The average Bonchev–Trinajstić information content (AvgIpc) is 2.20. The second-order valence-electron chi connectivity index (χ2n) is 3.35. The number of carboxylic acids is 1. The fourth-order valence-electron chi connectivity index (χ4n) is 1.08. The van der Waals surface area contributed by atoms with E-state index < -0.39 is 17.9 Å². The van der Waals surface area contributed by atoms with Gasteiger partial charge in [0.1, 0.15) is 6.04 Å². The molecule has 16 heavy (non-hydrogen) atoms. The summed E-state index contributed by atoms with van der Waals surface area (Å²) in [6.45, 7) is 0.379. The van der Waals surface area contributed by atoms with E-state index in [1.165, 1.54) is 0 Å². The van der Waals surface area contributed by atoms with Crippen LogP contribution in [0.25, 0.3) is 0 Å². The Morgan fingerprint density at radius 2 is 1.88 bits per heavy atom. The molecule has 0 aromatic rings. The maximum Gasteiger partial charge on any atom is 0.303 e. The van der Waals surface area contributed by atoms with Gasteiger partial charge in [-0.15, -0.1) is 0 Å². The first-order chi connectivity index (χ1) is 7.47. The van der Waals surface area contributed by atoms with Crippen LogP contribution < -0.4 is 16.8 Å². The molecule has 0 radical (unpaired) electrons. The third-order valence-electron chi connectivity index (χ3n) is 1.93. The van der Waals surface area contributed by atoms with Crippen molar-refractivity contribution < 1.29 is 19.5 Å². The molecule has 0 spiro atoms. The van der Waals surface area contributed by atoms with Gasteiger partial charge in [0.05, 0.1) is 0 Å². The highest BCUT2D eigenvalue weighted by atomic mass is 16.4. The molecular formula is C9H17N3O4. The summed E-state index contributed by atoms with van der Waals surface area (Å²) in [6, 6.07) is -0.929. The smallest absolute Gasteiger partial charge is 0.303 e. The molecule has 0 saturated carbocycles. The van der Waals surface area contributed by atoms with Crippen LogP contribution in [0.4, 0.5) is 0 Å². The Kier molecular flexibility index (Phi) is 6.86. The maximum atomic E-state index is 11.2. The number of primary amides is 1. The largest absolute Gasteiger partial charge is 0.481 e. The predicted molar refractivity (Wildman–Crippen MR) is 56.3 cm³/mol. The highest BCUT2D eigenvalue weighted by molar-refractivity contribution is 5.86. The molecule has 0 unspecified atom stereocenters. The molecule has 0 aliphatic carbocycles. The summed E-state index contributed by atoms with van der Waals surface area (Å²) in [5, 5.41) is 10.8. The van der Waals surface area contributed by atoms with Crippen molar-refractivity contribution in [3.05, 3.63) is 0 Å². The van der Waals surface area contributed by atoms with Crippen LogP contribution in [0.3, 0.4) is 0 Å². The average molecular weight is 231 g/mol. The molecule has 0 bridgehead atoms. The summed E-state index contributed by atoms with van der Waals surface area (Å²) in [4.78, 5) is 32.5. The van der Waals surface area contributed by atoms with Crippen LogP contribution in [0.1, 0.15) is 25.7 Å². The number of carbonyl (C=O) groups excluding carboxylic acids is 2. The summed E-state index contributed by atoms with van der Waals surface area (Å²) < 4.78 is 0. The summed E-state index contributed by atoms with van der Waals surface area (Å²) in [7, 11) is 0. The number of hydrogen-bond acceptors (Lipinski definition) is 4. The Morgan fingerprint density at radius 3 is 2.31 bits per heavy atom. The molecule has 0 aromatic heterocycles. The van der Waals surface area contributed by atoms with Crippen LogP contribution in [0.15, 0.2) is 0 Å². The third kappa shape index (κ3) is 6.77. The van der Waals surface area contributed by atoms with Crippen LogP contribution >= 0.6 is 0 Å². The van der Waals surface area contributed by atoms with E-state index in [4.69, 9.17) is 16.6 Å². The van der Waals surface area contributed by atoms with Gasteiger partial charge in [0.15, 0.2) is 0 Å². The molecule has 92 valence electrons. The normalized spacial score (nSPS) is 11.8. The molecule has 7 heteroatoms. The first-order valence-electron chi connectivity index (χ1n) is 4.98. The molecule has 0 aliphatic rings. The molecule has 0 aliphatic heterocycles. The molecule has 0 rings (SSSR count). The number of rotatable bonds is 8. The number of amides is 2. The molecule has 0 fully saturated rings. The van der Waals surface area contributed by atoms with Crippen LogP contribution in [-0.2, 0) is 14.4 Å². The van der Waals surface area contributed by atoms with Crippen molar-refractivity contribution in [1.82, 2.24) is 5.32 Å². The first kappa shape index (κ1) is 14.4. The van der Waals surface area contributed by atoms with Gasteiger partial charge in [-0.25, -0.2) is 0 Å². The molecule has 1 atom stereocenters. The Morgan fingerprint density at radius 1 is 1.25 bits per heavy atom. The minimum absolute atomic E-state index is 0.000961. The molecular weight excluding hydrogens is 214 g/mol. The number of aliphatic carboxylic acids is 1. The van der Waals surface area contributed by atoms with Crippen molar-refractivity contribution in [3.8, 4) is 0 Å². The predicted octanol–water partition coefficient (Wildman–Crippen LogP) is -1.44. The van der Waals surface area contributed by atoms with E-state index in [1.807, 2.05) is 0 Å². The van der Waals surface area contributed by atoms with Crippen molar-refractivity contribution in [3.63, 3.8) is 0 Å². The van der Waals surface area contributed by atoms with E-state index in [-0.39, 0.29) is 25.2 Å². The van der Waals surface area contributed by atoms with Gasteiger partial charge in [-0.2, -0.15) is 0 Å². The molecule has 2 amide bonds. The Bertz CT molecular complexity index is 267. The lowest BCUT2D eigenvalue weighted by atomic mass is 10.1. The van der Waals surface area contributed by atoms with Crippen molar-refractivity contribution in [2.75, 3.05) is 6.54 Å². The van der Waals surface area contributed by atoms with Gasteiger partial charge in [-0.1, -0.05) is 0 Å². The van der Waals surface area contributed by atoms with Gasteiger partial charge < -0.3 is 21.9 Å². The molecule has 6 N–H and O–H groups in total. The highest BCUT2D eigenvalue weighted by Crippen LogP contribution is 1.98. The quantitative estimate of drug-likeness (QED) is 0.405. The minimum Gasteiger partial charge on any atom is -0.481 e. The van der Waals surface area contributed by atoms with E-state index in [1.54, 1.807) is 0 Å². The van der Waals surface area contributed by atoms with Crippen LogP contribution in [0, 0.1) is 0 Å². The van der Waals surface area contributed by atoms with E-state index in [0.29, 0.717) is 13.0 Å². The van der Waals surface area contributed by atoms with Crippen molar-refractivity contribution >= 4 is 17.8 Å². The van der Waals surface area contributed by atoms with Gasteiger partial charge in [0.2, 0.25) is 11.8 Å². The summed E-state index contributed by atoms with van der Waals surface area (Å²) >= 11 is 0. The second kappa shape index (κ2) is 7.63. The zero-order valence-electron chi connectivity index (χ0n) is 8.94. The number of hydrogen-bond donors (Lipinski definition) is 4. The Balaban J connectivity index is 4.07. The molecule has 0 aromatic carbocycles. The fraction of sp³-hybridized carbons (Fsp3) is 0.667. The fourth-order valence-corrected chi connectivity index (χ4v) is 1.08. The summed E-state index contributed by atoms with van der Waals surface area (Å²) in [5.74, 6) is -2.12. The van der Waals surface area contributed by atoms with Crippen LogP contribution in [0.5, 0.6) is 0 Å². The minimum atomic E-state index is -1.04. The van der Waals surface area contributed by atoms with Crippen LogP contribution in [0.2, 0.25) is 0 Å². The Labute approximate surface area is 93.2 Å². The standard InChI is InChI=1S/C9H17N3O4/c10-5-1-2-7(13)12-6(9(11)16)3-4-8(14)15/h6H,1-5,10H2,(H2,11,16)(H,12,13)(H,14,15)/t6-/m1/s1. The summed E-state index contributed by atoms with van der Waals surface area (Å²) in [6.07, 6.45) is 0.493. The van der Waals surface area contributed by atoms with Gasteiger partial charge in [-0.05, 0) is 19.4 Å². The highest BCUT2D eigenvalue weighted by Gasteiger charge is 2.18. The number of carbonyl (C=O) groups is 3. The monoisotopic (exact) mass is 231 g/mol. The van der Waals surface area contributed by atoms with Crippen molar-refractivity contribution in [2.24, 2.45) is 11.5 Å². The molecule has 0 heterocycles. The van der Waals surface area contributed by atoms with Gasteiger partial charge in [0, 0.05) is 12.8 Å².